The topological polar surface area (TPSA) is 64.8 Å². The van der Waals surface area contributed by atoms with Crippen molar-refractivity contribution in [2.75, 3.05) is 26.7 Å². The van der Waals surface area contributed by atoms with Crippen molar-refractivity contribution in [1.82, 2.24) is 4.90 Å². The van der Waals surface area contributed by atoms with Crippen molar-refractivity contribution in [2.45, 2.75) is 32.9 Å². The molecule has 1 aromatic carbocycles. The lowest BCUT2D eigenvalue weighted by molar-refractivity contribution is -0.147. The highest BCUT2D eigenvalue weighted by atomic mass is 16.6. The van der Waals surface area contributed by atoms with Crippen LogP contribution < -0.4 is 10.5 Å². The molecule has 1 aromatic rings. The first-order chi connectivity index (χ1) is 10.5. The Hall–Kier alpha value is -1.59. The third-order valence-electron chi connectivity index (χ3n) is 4.31. The van der Waals surface area contributed by atoms with Gasteiger partial charge in [0, 0.05) is 13.1 Å². The van der Waals surface area contributed by atoms with Crippen molar-refractivity contribution < 1.29 is 14.3 Å². The summed E-state index contributed by atoms with van der Waals surface area (Å²) in [5.74, 6) is 0.303. The lowest BCUT2D eigenvalue weighted by Crippen LogP contribution is -2.31. The zero-order chi connectivity index (χ0) is 16.2. The molecule has 0 bridgehead atoms. The van der Waals surface area contributed by atoms with Crippen molar-refractivity contribution >= 4 is 5.97 Å². The Morgan fingerprint density at radius 2 is 2.09 bits per heavy atom. The Morgan fingerprint density at radius 1 is 1.41 bits per heavy atom. The predicted molar refractivity (Wildman–Crippen MR) is 85.6 cm³/mol. The highest BCUT2D eigenvalue weighted by molar-refractivity contribution is 5.74. The summed E-state index contributed by atoms with van der Waals surface area (Å²) in [5.41, 5.74) is 7.33. The van der Waals surface area contributed by atoms with Crippen molar-refractivity contribution in [3.05, 3.63) is 29.8 Å². The molecule has 5 nitrogen and oxygen atoms in total. The second kappa shape index (κ2) is 7.11. The summed E-state index contributed by atoms with van der Waals surface area (Å²) in [6, 6.07) is 7.87. The van der Waals surface area contributed by atoms with Gasteiger partial charge in [-0.3, -0.25) is 4.90 Å². The van der Waals surface area contributed by atoms with Crippen LogP contribution in [0.5, 0.6) is 5.75 Å². The van der Waals surface area contributed by atoms with Gasteiger partial charge in [-0.15, -0.1) is 0 Å². The number of carbonyl (C=O) groups excluding carboxylic acids is 1. The minimum atomic E-state index is -0.598. The van der Waals surface area contributed by atoms with Gasteiger partial charge in [0.15, 0.2) is 6.10 Å². The van der Waals surface area contributed by atoms with Gasteiger partial charge in [-0.25, -0.2) is 4.79 Å². The maximum Gasteiger partial charge on any atom is 0.346 e. The summed E-state index contributed by atoms with van der Waals surface area (Å²) in [7, 11) is 1.36. The summed E-state index contributed by atoms with van der Waals surface area (Å²) in [6.45, 7) is 7.71. The SMILES string of the molecule is COC(=O)C(C)Oc1ccc(CN2CCC(C)(CN)C2)cc1. The molecule has 1 aliphatic heterocycles. The third-order valence-corrected chi connectivity index (χ3v) is 4.31. The second-order valence-corrected chi connectivity index (χ2v) is 6.40. The molecule has 0 saturated carbocycles. The minimum Gasteiger partial charge on any atom is -0.479 e. The van der Waals surface area contributed by atoms with Crippen LogP contribution in [0, 0.1) is 5.41 Å². The molecule has 5 heteroatoms. The minimum absolute atomic E-state index is 0.249. The lowest BCUT2D eigenvalue weighted by Gasteiger charge is -2.22. The Balaban J connectivity index is 1.89. The summed E-state index contributed by atoms with van der Waals surface area (Å²) in [5, 5.41) is 0. The smallest absolute Gasteiger partial charge is 0.346 e. The van der Waals surface area contributed by atoms with E-state index in [-0.39, 0.29) is 11.4 Å². The zero-order valence-corrected chi connectivity index (χ0v) is 13.7. The van der Waals surface area contributed by atoms with E-state index in [9.17, 15) is 4.79 Å². The highest BCUT2D eigenvalue weighted by Crippen LogP contribution is 2.29. The fourth-order valence-electron chi connectivity index (χ4n) is 2.78. The molecule has 1 saturated heterocycles. The number of ether oxygens (including phenoxy) is 2. The molecule has 2 N–H and O–H groups in total. The van der Waals surface area contributed by atoms with E-state index in [4.69, 9.17) is 10.5 Å². The molecule has 0 aliphatic carbocycles. The van der Waals surface area contributed by atoms with E-state index in [1.165, 1.54) is 12.7 Å². The number of likely N-dealkylation sites (tertiary alicyclic amines) is 1. The first kappa shape index (κ1) is 16.8. The van der Waals surface area contributed by atoms with Crippen LogP contribution in [0.25, 0.3) is 0 Å². The van der Waals surface area contributed by atoms with Crippen LogP contribution in [0.2, 0.25) is 0 Å². The monoisotopic (exact) mass is 306 g/mol. The fraction of sp³-hybridized carbons (Fsp3) is 0.588. The van der Waals surface area contributed by atoms with Gasteiger partial charge >= 0.3 is 5.97 Å². The lowest BCUT2D eigenvalue weighted by atomic mass is 9.90. The molecule has 0 aromatic heterocycles. The molecule has 2 atom stereocenters. The van der Waals surface area contributed by atoms with Gasteiger partial charge in [-0.2, -0.15) is 0 Å². The number of rotatable bonds is 6. The van der Waals surface area contributed by atoms with Crippen LogP contribution >= 0.6 is 0 Å². The van der Waals surface area contributed by atoms with Gasteiger partial charge in [-0.05, 0) is 49.5 Å². The summed E-state index contributed by atoms with van der Waals surface area (Å²) >= 11 is 0. The van der Waals surface area contributed by atoms with Gasteiger partial charge in [0.1, 0.15) is 5.75 Å². The highest BCUT2D eigenvalue weighted by Gasteiger charge is 2.32. The summed E-state index contributed by atoms with van der Waals surface area (Å²) in [6.07, 6.45) is 0.557. The maximum atomic E-state index is 11.3. The van der Waals surface area contributed by atoms with Gasteiger partial charge in [-0.1, -0.05) is 19.1 Å². The molecule has 0 radical (unpaired) electrons. The van der Waals surface area contributed by atoms with E-state index in [0.29, 0.717) is 5.75 Å². The summed E-state index contributed by atoms with van der Waals surface area (Å²) < 4.78 is 10.2. The first-order valence-corrected chi connectivity index (χ1v) is 7.71. The quantitative estimate of drug-likeness (QED) is 0.812. The molecular formula is C17H26N2O3. The number of esters is 1. The average Bonchev–Trinajstić information content (AvgIpc) is 2.90. The number of carbonyl (C=O) groups is 1. The molecule has 2 unspecified atom stereocenters. The third kappa shape index (κ3) is 4.21. The summed E-state index contributed by atoms with van der Waals surface area (Å²) in [4.78, 5) is 13.8. The van der Waals surface area contributed by atoms with Crippen LogP contribution in [0.15, 0.2) is 24.3 Å². The first-order valence-electron chi connectivity index (χ1n) is 7.71. The van der Waals surface area contributed by atoms with Gasteiger partial charge < -0.3 is 15.2 Å². The van der Waals surface area contributed by atoms with E-state index in [2.05, 4.69) is 16.6 Å². The van der Waals surface area contributed by atoms with Crippen LogP contribution in [0.4, 0.5) is 0 Å². The standard InChI is InChI=1S/C17H26N2O3/c1-13(16(20)21-3)22-15-6-4-14(5-7-15)10-19-9-8-17(2,11-18)12-19/h4-7,13H,8-12,18H2,1-3H3. The maximum absolute atomic E-state index is 11.3. The molecule has 1 fully saturated rings. The molecule has 0 amide bonds. The van der Waals surface area contributed by atoms with E-state index in [1.807, 2.05) is 24.3 Å². The molecule has 0 spiro atoms. The van der Waals surface area contributed by atoms with E-state index >= 15 is 0 Å². The number of nitrogens with zero attached hydrogens (tertiary/aromatic N) is 1. The molecule has 1 aliphatic rings. The number of benzene rings is 1. The van der Waals surface area contributed by atoms with E-state index < -0.39 is 6.10 Å². The van der Waals surface area contributed by atoms with Gasteiger partial charge in [0.05, 0.1) is 7.11 Å². The zero-order valence-electron chi connectivity index (χ0n) is 13.7. The predicted octanol–water partition coefficient (Wildman–Crippen LogP) is 1.80. The van der Waals surface area contributed by atoms with Crippen LogP contribution in [-0.4, -0.2) is 43.7 Å². The van der Waals surface area contributed by atoms with E-state index in [1.54, 1.807) is 6.92 Å². The second-order valence-electron chi connectivity index (χ2n) is 6.40. The van der Waals surface area contributed by atoms with Crippen LogP contribution in [0.3, 0.4) is 0 Å². The van der Waals surface area contributed by atoms with Crippen molar-refractivity contribution in [3.8, 4) is 5.75 Å². The average molecular weight is 306 g/mol. The van der Waals surface area contributed by atoms with Crippen molar-refractivity contribution in [3.63, 3.8) is 0 Å². The number of nitrogens with two attached hydrogens (primary N) is 1. The Morgan fingerprint density at radius 3 is 2.64 bits per heavy atom. The normalized spacial score (nSPS) is 23.3. The number of methoxy groups -OCH3 is 1. The Labute approximate surface area is 132 Å². The molecule has 2 rings (SSSR count). The van der Waals surface area contributed by atoms with E-state index in [0.717, 1.165) is 32.6 Å². The van der Waals surface area contributed by atoms with Crippen LogP contribution in [-0.2, 0) is 16.1 Å². The molecule has 122 valence electrons. The fourth-order valence-corrected chi connectivity index (χ4v) is 2.78. The van der Waals surface area contributed by atoms with Gasteiger partial charge in [0.25, 0.3) is 0 Å². The van der Waals surface area contributed by atoms with Crippen LogP contribution in [0.1, 0.15) is 25.8 Å². The molecule has 1 heterocycles. The molecular weight excluding hydrogens is 280 g/mol. The van der Waals surface area contributed by atoms with Gasteiger partial charge in [0.2, 0.25) is 0 Å². The number of hydrogen-bond acceptors (Lipinski definition) is 5. The molecule has 22 heavy (non-hydrogen) atoms. The van der Waals surface area contributed by atoms with Crippen molar-refractivity contribution in [2.24, 2.45) is 11.1 Å². The Kier molecular flexibility index (Phi) is 5.42. The number of hydrogen-bond donors (Lipinski definition) is 1. The largest absolute Gasteiger partial charge is 0.479 e. The Bertz CT molecular complexity index is 503. The van der Waals surface area contributed by atoms with Crippen molar-refractivity contribution in [1.29, 1.82) is 0 Å².